The predicted octanol–water partition coefficient (Wildman–Crippen LogP) is 4.21. The highest BCUT2D eigenvalue weighted by molar-refractivity contribution is 5.85. The molecule has 1 saturated heterocycles. The van der Waals surface area contributed by atoms with Crippen LogP contribution in [0.25, 0.3) is 0 Å². The van der Waals surface area contributed by atoms with Crippen LogP contribution >= 0.6 is 12.4 Å². The van der Waals surface area contributed by atoms with Crippen LogP contribution in [0, 0.1) is 5.82 Å². The van der Waals surface area contributed by atoms with Crippen molar-refractivity contribution in [2.24, 2.45) is 0 Å². The van der Waals surface area contributed by atoms with Gasteiger partial charge in [-0.05, 0) is 52.4 Å². The lowest BCUT2D eigenvalue weighted by atomic mass is 10.0. The van der Waals surface area contributed by atoms with E-state index in [-0.39, 0.29) is 24.3 Å². The van der Waals surface area contributed by atoms with Crippen molar-refractivity contribution in [2.45, 2.75) is 12.6 Å². The van der Waals surface area contributed by atoms with Crippen LogP contribution in [0.5, 0.6) is 11.5 Å². The van der Waals surface area contributed by atoms with Gasteiger partial charge in [0.25, 0.3) is 0 Å². The average molecular weight is 525 g/mol. The summed E-state index contributed by atoms with van der Waals surface area (Å²) >= 11 is 0. The van der Waals surface area contributed by atoms with Crippen molar-refractivity contribution in [3.8, 4) is 11.5 Å². The molecular weight excluding hydrogens is 495 g/mol. The van der Waals surface area contributed by atoms with Crippen LogP contribution in [0.15, 0.2) is 72.8 Å². The number of tetrazole rings is 1. The first kappa shape index (κ1) is 26.4. The van der Waals surface area contributed by atoms with Crippen molar-refractivity contribution in [1.29, 1.82) is 0 Å². The molecule has 1 atom stereocenters. The molecule has 0 amide bonds. The van der Waals surface area contributed by atoms with Crippen LogP contribution in [-0.2, 0) is 6.54 Å². The van der Waals surface area contributed by atoms with E-state index in [0.29, 0.717) is 6.54 Å². The SMILES string of the molecule is COc1ccc(C(c2nnnn2Cc2ccccc2)N2CCN(c3ccc(F)cc3)CC2)c(OC)c1.Cl. The summed E-state index contributed by atoms with van der Waals surface area (Å²) in [6, 6.07) is 22.4. The van der Waals surface area contributed by atoms with E-state index in [9.17, 15) is 4.39 Å². The monoisotopic (exact) mass is 524 g/mol. The number of halogens is 2. The Balaban J connectivity index is 0.00000320. The molecule has 37 heavy (non-hydrogen) atoms. The van der Waals surface area contributed by atoms with Gasteiger partial charge in [0.15, 0.2) is 5.82 Å². The summed E-state index contributed by atoms with van der Waals surface area (Å²) in [7, 11) is 3.30. The summed E-state index contributed by atoms with van der Waals surface area (Å²) in [5.74, 6) is 1.96. The van der Waals surface area contributed by atoms with Crippen molar-refractivity contribution in [1.82, 2.24) is 25.1 Å². The van der Waals surface area contributed by atoms with Gasteiger partial charge >= 0.3 is 0 Å². The number of nitrogens with zero attached hydrogens (tertiary/aromatic N) is 6. The number of ether oxygens (including phenoxy) is 2. The topological polar surface area (TPSA) is 68.5 Å². The third kappa shape index (κ3) is 5.84. The molecule has 0 bridgehead atoms. The molecule has 0 radical (unpaired) electrons. The first-order chi connectivity index (χ1) is 17.7. The summed E-state index contributed by atoms with van der Waals surface area (Å²) in [6.45, 7) is 3.69. The van der Waals surface area contributed by atoms with E-state index >= 15 is 0 Å². The minimum Gasteiger partial charge on any atom is -0.497 e. The molecule has 1 aliphatic heterocycles. The van der Waals surface area contributed by atoms with E-state index < -0.39 is 0 Å². The molecular formula is C27H30ClFN6O2. The number of hydrogen-bond acceptors (Lipinski definition) is 7. The third-order valence-electron chi connectivity index (χ3n) is 6.59. The zero-order valence-electron chi connectivity index (χ0n) is 20.8. The molecule has 8 nitrogen and oxygen atoms in total. The van der Waals surface area contributed by atoms with Gasteiger partial charge in [-0.25, -0.2) is 9.07 Å². The number of anilines is 1. The largest absolute Gasteiger partial charge is 0.497 e. The molecule has 0 spiro atoms. The molecule has 0 aliphatic carbocycles. The van der Waals surface area contributed by atoms with Crippen LogP contribution in [0.4, 0.5) is 10.1 Å². The number of hydrogen-bond donors (Lipinski definition) is 0. The lowest BCUT2D eigenvalue weighted by Gasteiger charge is -2.40. The first-order valence-electron chi connectivity index (χ1n) is 11.9. The number of aromatic nitrogens is 4. The third-order valence-corrected chi connectivity index (χ3v) is 6.59. The number of methoxy groups -OCH3 is 2. The minimum absolute atomic E-state index is 0. The molecule has 10 heteroatoms. The second-order valence-electron chi connectivity index (χ2n) is 8.69. The van der Waals surface area contributed by atoms with Crippen LogP contribution in [0.2, 0.25) is 0 Å². The average Bonchev–Trinajstić information content (AvgIpc) is 3.38. The maximum absolute atomic E-state index is 13.4. The Bertz CT molecular complexity index is 1280. The normalized spacial score (nSPS) is 14.6. The molecule has 1 unspecified atom stereocenters. The van der Waals surface area contributed by atoms with Crippen LogP contribution < -0.4 is 14.4 Å². The lowest BCUT2D eigenvalue weighted by molar-refractivity contribution is 0.198. The summed E-state index contributed by atoms with van der Waals surface area (Å²) in [4.78, 5) is 4.64. The Morgan fingerprint density at radius 3 is 2.30 bits per heavy atom. The van der Waals surface area contributed by atoms with Crippen molar-refractivity contribution in [2.75, 3.05) is 45.3 Å². The first-order valence-corrected chi connectivity index (χ1v) is 11.9. The Morgan fingerprint density at radius 2 is 1.62 bits per heavy atom. The summed E-state index contributed by atoms with van der Waals surface area (Å²) in [5.41, 5.74) is 3.11. The molecule has 4 aromatic rings. The Kier molecular flexibility index (Phi) is 8.58. The van der Waals surface area contributed by atoms with Crippen LogP contribution in [0.3, 0.4) is 0 Å². The lowest BCUT2D eigenvalue weighted by Crippen LogP contribution is -2.48. The van der Waals surface area contributed by atoms with E-state index in [2.05, 4.69) is 37.5 Å². The van der Waals surface area contributed by atoms with Gasteiger partial charge in [-0.3, -0.25) is 4.90 Å². The van der Waals surface area contributed by atoms with Gasteiger partial charge < -0.3 is 14.4 Å². The van der Waals surface area contributed by atoms with Crippen molar-refractivity contribution < 1.29 is 13.9 Å². The molecule has 2 heterocycles. The zero-order chi connectivity index (χ0) is 24.9. The van der Waals surface area contributed by atoms with E-state index in [1.54, 1.807) is 14.2 Å². The van der Waals surface area contributed by atoms with Gasteiger partial charge in [-0.15, -0.1) is 17.5 Å². The maximum Gasteiger partial charge on any atom is 0.173 e. The Labute approximate surface area is 222 Å². The zero-order valence-corrected chi connectivity index (χ0v) is 21.6. The van der Waals surface area contributed by atoms with Crippen LogP contribution in [0.1, 0.15) is 23.0 Å². The van der Waals surface area contributed by atoms with E-state index in [4.69, 9.17) is 9.47 Å². The number of rotatable bonds is 8. The molecule has 1 aromatic heterocycles. The van der Waals surface area contributed by atoms with Gasteiger partial charge in [0.2, 0.25) is 0 Å². The van der Waals surface area contributed by atoms with Gasteiger partial charge in [-0.2, -0.15) is 0 Å². The standard InChI is InChI=1S/C27H29FN6O2.ClH/c1-35-23-12-13-24(25(18-23)36-2)26(27-29-30-31-34(27)19-20-6-4-3-5-7-20)33-16-14-32(15-17-33)22-10-8-21(28)9-11-22;/h3-13,18,26H,14-17,19H2,1-2H3;1H. The van der Waals surface area contributed by atoms with Crippen molar-refractivity contribution in [3.05, 3.63) is 95.6 Å². The van der Waals surface area contributed by atoms with Crippen molar-refractivity contribution in [3.63, 3.8) is 0 Å². The minimum atomic E-state index is -0.227. The smallest absolute Gasteiger partial charge is 0.173 e. The highest BCUT2D eigenvalue weighted by atomic mass is 35.5. The summed E-state index contributed by atoms with van der Waals surface area (Å²) < 4.78 is 26.5. The van der Waals surface area contributed by atoms with E-state index in [1.165, 1.54) is 12.1 Å². The number of benzene rings is 3. The fraction of sp³-hybridized carbons (Fsp3) is 0.296. The second-order valence-corrected chi connectivity index (χ2v) is 8.69. The predicted molar refractivity (Wildman–Crippen MR) is 142 cm³/mol. The van der Waals surface area contributed by atoms with Gasteiger partial charge in [0.1, 0.15) is 23.4 Å². The Hall–Kier alpha value is -3.69. The highest BCUT2D eigenvalue weighted by Crippen LogP contribution is 2.37. The van der Waals surface area contributed by atoms with E-state index in [1.807, 2.05) is 53.2 Å². The number of piperazine rings is 1. The van der Waals surface area contributed by atoms with Gasteiger partial charge in [0.05, 0.1) is 20.8 Å². The maximum atomic E-state index is 13.4. The van der Waals surface area contributed by atoms with E-state index in [0.717, 1.165) is 60.3 Å². The molecule has 1 aliphatic rings. The second kappa shape index (κ2) is 12.0. The Morgan fingerprint density at radius 1 is 0.892 bits per heavy atom. The highest BCUT2D eigenvalue weighted by Gasteiger charge is 2.33. The molecule has 0 N–H and O–H groups in total. The quantitative estimate of drug-likeness (QED) is 0.342. The molecule has 194 valence electrons. The molecule has 3 aromatic carbocycles. The van der Waals surface area contributed by atoms with Gasteiger partial charge in [0, 0.05) is 43.5 Å². The molecule has 5 rings (SSSR count). The summed E-state index contributed by atoms with van der Waals surface area (Å²) in [6.07, 6.45) is 0. The van der Waals surface area contributed by atoms with Crippen molar-refractivity contribution >= 4 is 18.1 Å². The molecule has 1 fully saturated rings. The summed E-state index contributed by atoms with van der Waals surface area (Å²) in [5, 5.41) is 12.9. The molecule has 0 saturated carbocycles. The fourth-order valence-electron chi connectivity index (χ4n) is 4.71. The fourth-order valence-corrected chi connectivity index (χ4v) is 4.71. The van der Waals surface area contributed by atoms with Crippen LogP contribution in [-0.4, -0.2) is 65.5 Å². The van der Waals surface area contributed by atoms with Gasteiger partial charge in [-0.1, -0.05) is 30.3 Å².